The number of nitrogens with zero attached hydrogens (tertiary/aromatic N) is 4. The van der Waals surface area contributed by atoms with E-state index in [9.17, 15) is 5.48 Å². The fourth-order valence-corrected chi connectivity index (χ4v) is 21.5. The lowest BCUT2D eigenvalue weighted by Gasteiger charge is -2.46. The van der Waals surface area contributed by atoms with Crippen molar-refractivity contribution in [2.24, 2.45) is 0 Å². The zero-order valence-corrected chi connectivity index (χ0v) is 82.8. The zero-order chi connectivity index (χ0) is 97.8. The summed E-state index contributed by atoms with van der Waals surface area (Å²) in [5, 5.41) is 7.59. The van der Waals surface area contributed by atoms with Crippen molar-refractivity contribution >= 4 is 145 Å². The molecule has 0 N–H and O–H groups in total. The third-order valence-corrected chi connectivity index (χ3v) is 29.2. The molecule has 0 spiro atoms. The number of hydrogen-bond acceptors (Lipinski definition) is 4. The minimum atomic E-state index is -0.513. The van der Waals surface area contributed by atoms with E-state index in [1.807, 2.05) is 12.1 Å². The summed E-state index contributed by atoms with van der Waals surface area (Å²) >= 11 is 0. The smallest absolute Gasteiger partial charge is 0.252 e. The molecular formula is C128H123BN4O2. The number of para-hydroxylation sites is 2. The summed E-state index contributed by atoms with van der Waals surface area (Å²) in [6.45, 7) is 55.4. The quantitative estimate of drug-likeness (QED) is 0.135. The lowest BCUT2D eigenvalue weighted by molar-refractivity contribution is 0.569. The maximum atomic E-state index is 10.2. The van der Waals surface area contributed by atoms with Gasteiger partial charge in [-0.25, -0.2) is 0 Å². The molecule has 0 unspecified atom stereocenters. The van der Waals surface area contributed by atoms with Gasteiger partial charge in [0.1, 0.15) is 22.3 Å². The van der Waals surface area contributed by atoms with E-state index >= 15 is 0 Å². The summed E-state index contributed by atoms with van der Waals surface area (Å²) in [5.74, 6) is 0. The van der Waals surface area contributed by atoms with Crippen LogP contribution in [0.25, 0.3) is 154 Å². The van der Waals surface area contributed by atoms with E-state index in [1.54, 1.807) is 0 Å². The van der Waals surface area contributed by atoms with E-state index in [1.165, 1.54) is 49.7 Å². The second-order valence-electron chi connectivity index (χ2n) is 46.7. The van der Waals surface area contributed by atoms with E-state index in [-0.39, 0.29) is 67.7 Å². The molecule has 20 aromatic rings. The molecule has 0 aliphatic carbocycles. The molecule has 6 heterocycles. The molecule has 135 heavy (non-hydrogen) atoms. The van der Waals surface area contributed by atoms with Gasteiger partial charge in [0.05, 0.1) is 38.9 Å². The maximum Gasteiger partial charge on any atom is 0.252 e. The summed E-state index contributed by atoms with van der Waals surface area (Å²) in [5.41, 5.74) is 35.1. The predicted molar refractivity (Wildman–Crippen MR) is 580 cm³/mol. The topological polar surface area (TPSA) is 42.6 Å². The van der Waals surface area contributed by atoms with Crippen molar-refractivity contribution in [3.8, 4) is 67.0 Å². The van der Waals surface area contributed by atoms with Crippen molar-refractivity contribution in [3.05, 3.63) is 354 Å². The molecule has 2 aliphatic heterocycles. The van der Waals surface area contributed by atoms with E-state index in [0.717, 1.165) is 178 Å². The van der Waals surface area contributed by atoms with Gasteiger partial charge in [-0.3, -0.25) is 0 Å². The highest BCUT2D eigenvalue weighted by atomic mass is 16.3. The van der Waals surface area contributed by atoms with Crippen LogP contribution in [0.3, 0.4) is 0 Å². The number of benzene rings is 16. The second-order valence-corrected chi connectivity index (χ2v) is 46.7. The second kappa shape index (κ2) is 30.4. The molecule has 0 atom stereocenters. The van der Waals surface area contributed by atoms with E-state index in [0.29, 0.717) is 16.4 Å². The maximum absolute atomic E-state index is 10.2. The molecule has 0 bridgehead atoms. The molecule has 0 amide bonds. The van der Waals surface area contributed by atoms with Gasteiger partial charge in [-0.05, 0) is 259 Å². The highest BCUT2D eigenvalue weighted by Crippen LogP contribution is 2.59. The monoisotopic (exact) mass is 1760 g/mol. The van der Waals surface area contributed by atoms with Gasteiger partial charge in [0.15, 0.2) is 0 Å². The number of furan rings is 2. The Bertz CT molecular complexity index is 8340. The third kappa shape index (κ3) is 14.4. The van der Waals surface area contributed by atoms with E-state index in [4.69, 9.17) is 8.83 Å². The Morgan fingerprint density at radius 2 is 0.607 bits per heavy atom. The van der Waals surface area contributed by atoms with Crippen LogP contribution in [0.4, 0.5) is 34.1 Å². The first kappa shape index (κ1) is 82.1. The molecule has 0 fully saturated rings. The fraction of sp³-hybridized carbons (Fsp3) is 0.250. The number of fused-ring (bicyclic) bond motifs is 16. The molecule has 0 radical (unpaired) electrons. The highest BCUT2D eigenvalue weighted by molar-refractivity contribution is 7.00. The van der Waals surface area contributed by atoms with Gasteiger partial charge in [0, 0.05) is 99.5 Å². The molecule has 6 nitrogen and oxygen atoms in total. The standard InChI is InChI=1S/C128H123BN4O2/c1-121(2,3)80-51-59-104-98(66-80)99-67-81(122(4,5)6)52-60-105(99)130(104)88-53-57-102-108(74-88)132(119-96(76-37-27-25-28-38-76)68-86(127(19,20)21)69-97(119)77-39-29-26-30-40-77)110-63-79(78-61-84(125(13,14)15)65-85(62-78)126(16,17)18)64-111-118(110)129(102)103-58-54-89(131-106-72-82(123(7,8)9)49-55-90(106)91-56-50-83(73-107(91)131)124(10,11)12)75-109(103)133(111)120-100(92-43-35-47-114-116(92)94-41-31-33-45-112(94)134-114)70-87(128(22,23)24)71-101(120)93-44-36-48-115-117(93)95-42-32-34-46-113(95)135-115/h25-75H,1-24H3/i31D,33D,41D,45D. The lowest BCUT2D eigenvalue weighted by atomic mass is 9.33. The minimum Gasteiger partial charge on any atom is -0.456 e. The van der Waals surface area contributed by atoms with Gasteiger partial charge in [0.25, 0.3) is 6.71 Å². The average Bonchev–Trinajstić information content (AvgIpc) is 0.887. The number of anilines is 6. The van der Waals surface area contributed by atoms with Gasteiger partial charge >= 0.3 is 0 Å². The van der Waals surface area contributed by atoms with Crippen molar-refractivity contribution in [2.45, 2.75) is 209 Å². The van der Waals surface area contributed by atoms with Crippen LogP contribution in [0.15, 0.2) is 318 Å². The van der Waals surface area contributed by atoms with Crippen LogP contribution in [-0.2, 0) is 43.3 Å². The van der Waals surface area contributed by atoms with Crippen LogP contribution >= 0.6 is 0 Å². The van der Waals surface area contributed by atoms with Gasteiger partial charge in [-0.2, -0.15) is 0 Å². The van der Waals surface area contributed by atoms with Crippen LogP contribution in [0, 0.1) is 0 Å². The average molecular weight is 1760 g/mol. The molecule has 22 rings (SSSR count). The largest absolute Gasteiger partial charge is 0.456 e. The normalized spacial score (nSPS) is 14.0. The number of rotatable bonds is 9. The summed E-state index contributed by atoms with van der Waals surface area (Å²) in [4.78, 5) is 5.39. The van der Waals surface area contributed by atoms with Crippen LogP contribution < -0.4 is 26.2 Å². The first-order valence-corrected chi connectivity index (χ1v) is 48.4. The highest BCUT2D eigenvalue weighted by Gasteiger charge is 2.47. The Morgan fingerprint density at radius 3 is 1.07 bits per heavy atom. The zero-order valence-electron chi connectivity index (χ0n) is 86.8. The number of hydrogen-bond donors (Lipinski definition) is 0. The molecule has 2 aliphatic rings. The molecule has 670 valence electrons. The molecule has 4 aromatic heterocycles. The summed E-state index contributed by atoms with van der Waals surface area (Å²) < 4.78 is 58.1. The SMILES string of the molecule is [2H]c1c([2H])c([2H])c2c(oc3cccc(-c4cc(C(C)(C)C)cc(-c5cccc6oc7ccccc7c56)c4N4c5cc(-n6c7cc(C(C)(C)C)ccc7c7ccc(C(C)(C)C)cc76)ccc5B5c6ccc(-n7c8ccc(C(C)(C)C)cc8c8cc(C(C)(C)C)ccc87)cc6N(c6c(-c7ccccc7)cc(C(C)(C)C)cc6-c6ccccc6)c6cc(-c7cc(C(C)(C)C)cc(C(C)(C)C)c7)cc4c65)c32)c1[2H]. The minimum absolute atomic E-state index is 0.0987. The van der Waals surface area contributed by atoms with Crippen LogP contribution in [-0.4, -0.2) is 15.8 Å². The molecule has 7 heteroatoms. The summed E-state index contributed by atoms with van der Waals surface area (Å²) in [7, 11) is 0. The first-order chi connectivity index (χ1) is 65.6. The van der Waals surface area contributed by atoms with Crippen molar-refractivity contribution in [1.82, 2.24) is 9.13 Å². The third-order valence-electron chi connectivity index (χ3n) is 29.2. The molecule has 0 saturated carbocycles. The van der Waals surface area contributed by atoms with Crippen LogP contribution in [0.5, 0.6) is 0 Å². The van der Waals surface area contributed by atoms with Crippen LogP contribution in [0.1, 0.15) is 216 Å². The van der Waals surface area contributed by atoms with Crippen molar-refractivity contribution in [3.63, 3.8) is 0 Å². The molecule has 16 aromatic carbocycles. The Labute approximate surface area is 803 Å². The van der Waals surface area contributed by atoms with Crippen molar-refractivity contribution in [2.75, 3.05) is 9.80 Å². The fourth-order valence-electron chi connectivity index (χ4n) is 21.5. The van der Waals surface area contributed by atoms with Gasteiger partial charge < -0.3 is 27.8 Å². The Kier molecular flexibility index (Phi) is 18.5. The Hall–Kier alpha value is -13.6. The van der Waals surface area contributed by atoms with E-state index in [2.05, 4.69) is 458 Å². The Morgan fingerprint density at radius 1 is 0.237 bits per heavy atom. The predicted octanol–water partition coefficient (Wildman–Crippen LogP) is 34.5. The van der Waals surface area contributed by atoms with Gasteiger partial charge in [0.2, 0.25) is 0 Å². The van der Waals surface area contributed by atoms with E-state index < -0.39 is 12.1 Å². The van der Waals surface area contributed by atoms with Gasteiger partial charge in [-0.15, -0.1) is 0 Å². The Balaban J connectivity index is 0.993. The van der Waals surface area contributed by atoms with Crippen molar-refractivity contribution in [1.29, 1.82) is 0 Å². The van der Waals surface area contributed by atoms with Gasteiger partial charge in [-0.1, -0.05) is 354 Å². The number of aromatic nitrogens is 2. The lowest BCUT2D eigenvalue weighted by Crippen LogP contribution is -2.61. The van der Waals surface area contributed by atoms with Crippen LogP contribution in [0.2, 0.25) is 0 Å². The molecular weight excluding hydrogens is 1640 g/mol. The first-order valence-electron chi connectivity index (χ1n) is 50.4. The summed E-state index contributed by atoms with van der Waals surface area (Å²) in [6.07, 6.45) is 0. The molecule has 0 saturated heterocycles. The summed E-state index contributed by atoms with van der Waals surface area (Å²) in [6, 6.07) is 108. The van der Waals surface area contributed by atoms with Crippen molar-refractivity contribution < 1.29 is 14.3 Å².